The normalized spacial score (nSPS) is 13.7. The van der Waals surface area contributed by atoms with E-state index < -0.39 is 6.29 Å². The lowest BCUT2D eigenvalue weighted by Crippen LogP contribution is -2.24. The van der Waals surface area contributed by atoms with Gasteiger partial charge in [-0.2, -0.15) is 0 Å². The fourth-order valence-corrected chi connectivity index (χ4v) is 1.79. The van der Waals surface area contributed by atoms with Crippen LogP contribution in [0.5, 0.6) is 5.75 Å². The summed E-state index contributed by atoms with van der Waals surface area (Å²) < 4.78 is 15.2. The second-order valence-corrected chi connectivity index (χ2v) is 3.59. The number of methoxy groups -OCH3 is 2. The minimum atomic E-state index is -0.833. The maximum atomic E-state index is 11.9. The fourth-order valence-electron chi connectivity index (χ4n) is 1.79. The zero-order valence-corrected chi connectivity index (χ0v) is 9.36. The molecule has 0 fully saturated rings. The summed E-state index contributed by atoms with van der Waals surface area (Å²) in [6.07, 6.45) is 0.0153. The summed E-state index contributed by atoms with van der Waals surface area (Å²) in [5.41, 5.74) is 1.66. The highest BCUT2D eigenvalue weighted by molar-refractivity contribution is 5.99. The van der Waals surface area contributed by atoms with Gasteiger partial charge >= 0.3 is 0 Å². The zero-order chi connectivity index (χ0) is 11.5. The zero-order valence-electron chi connectivity index (χ0n) is 9.36. The van der Waals surface area contributed by atoms with Crippen molar-refractivity contribution in [2.24, 2.45) is 0 Å². The van der Waals surface area contributed by atoms with Gasteiger partial charge in [0.2, 0.25) is 12.1 Å². The lowest BCUT2D eigenvalue weighted by molar-refractivity contribution is -0.0742. The molecule has 0 aromatic heterocycles. The SMILES string of the molecule is COC(OC)C(=O)c1ccc2c(c1)CCO2. The molecule has 0 spiro atoms. The molecular formula is C12H14O4. The number of ether oxygens (including phenoxy) is 3. The first kappa shape index (κ1) is 11.1. The number of Topliss-reactive ketones (excluding diaryl/α,β-unsaturated/α-hetero) is 1. The third kappa shape index (κ3) is 1.94. The van der Waals surface area contributed by atoms with Gasteiger partial charge in [0.05, 0.1) is 6.61 Å². The summed E-state index contributed by atoms with van der Waals surface area (Å²) in [6.45, 7) is 0.685. The van der Waals surface area contributed by atoms with Crippen LogP contribution in [-0.2, 0) is 15.9 Å². The van der Waals surface area contributed by atoms with Crippen LogP contribution in [0.2, 0.25) is 0 Å². The van der Waals surface area contributed by atoms with Crippen molar-refractivity contribution in [2.45, 2.75) is 12.7 Å². The first-order valence-corrected chi connectivity index (χ1v) is 5.12. The molecule has 0 aliphatic carbocycles. The third-order valence-corrected chi connectivity index (χ3v) is 2.62. The van der Waals surface area contributed by atoms with Gasteiger partial charge in [-0.25, -0.2) is 0 Å². The van der Waals surface area contributed by atoms with Crippen molar-refractivity contribution in [3.05, 3.63) is 29.3 Å². The van der Waals surface area contributed by atoms with E-state index in [1.165, 1.54) is 14.2 Å². The van der Waals surface area contributed by atoms with Crippen molar-refractivity contribution in [2.75, 3.05) is 20.8 Å². The molecule has 1 aliphatic heterocycles. The Kier molecular flexibility index (Phi) is 3.22. The number of hydrogen-bond acceptors (Lipinski definition) is 4. The van der Waals surface area contributed by atoms with Gasteiger partial charge in [0, 0.05) is 26.2 Å². The molecule has 2 rings (SSSR count). The van der Waals surface area contributed by atoms with Gasteiger partial charge in [0.1, 0.15) is 5.75 Å². The van der Waals surface area contributed by atoms with Gasteiger partial charge in [-0.3, -0.25) is 4.79 Å². The highest BCUT2D eigenvalue weighted by Crippen LogP contribution is 2.26. The average Bonchev–Trinajstić information content (AvgIpc) is 2.77. The molecule has 86 valence electrons. The largest absolute Gasteiger partial charge is 0.493 e. The van der Waals surface area contributed by atoms with E-state index in [1.54, 1.807) is 6.07 Å². The Morgan fingerprint density at radius 1 is 1.38 bits per heavy atom. The Bertz CT molecular complexity index is 396. The molecule has 1 aliphatic rings. The first-order valence-electron chi connectivity index (χ1n) is 5.12. The molecule has 4 heteroatoms. The number of ketones is 1. The Morgan fingerprint density at radius 2 is 2.12 bits per heavy atom. The Morgan fingerprint density at radius 3 is 2.81 bits per heavy atom. The molecule has 1 heterocycles. The summed E-state index contributed by atoms with van der Waals surface area (Å²) in [5, 5.41) is 0. The molecular weight excluding hydrogens is 208 g/mol. The molecule has 1 aromatic rings. The number of benzene rings is 1. The van der Waals surface area contributed by atoms with Crippen LogP contribution in [0.25, 0.3) is 0 Å². The monoisotopic (exact) mass is 222 g/mol. The van der Waals surface area contributed by atoms with Gasteiger partial charge in [-0.05, 0) is 23.8 Å². The number of rotatable bonds is 4. The van der Waals surface area contributed by atoms with Gasteiger partial charge < -0.3 is 14.2 Å². The molecule has 1 aromatic carbocycles. The lowest BCUT2D eigenvalue weighted by atomic mass is 10.1. The maximum absolute atomic E-state index is 11.9. The van der Waals surface area contributed by atoms with Crippen molar-refractivity contribution >= 4 is 5.78 Å². The van der Waals surface area contributed by atoms with Crippen molar-refractivity contribution in [1.82, 2.24) is 0 Å². The van der Waals surface area contributed by atoms with Crippen LogP contribution in [0, 0.1) is 0 Å². The predicted octanol–water partition coefficient (Wildman–Crippen LogP) is 1.42. The maximum Gasteiger partial charge on any atom is 0.222 e. The average molecular weight is 222 g/mol. The van der Waals surface area contributed by atoms with E-state index in [0.717, 1.165) is 17.7 Å². The topological polar surface area (TPSA) is 44.8 Å². The smallest absolute Gasteiger partial charge is 0.222 e. The Labute approximate surface area is 94.1 Å². The molecule has 0 radical (unpaired) electrons. The first-order chi connectivity index (χ1) is 7.76. The van der Waals surface area contributed by atoms with E-state index in [0.29, 0.717) is 12.2 Å². The van der Waals surface area contributed by atoms with Crippen molar-refractivity contribution < 1.29 is 19.0 Å². The predicted molar refractivity (Wildman–Crippen MR) is 57.8 cm³/mol. The van der Waals surface area contributed by atoms with E-state index in [4.69, 9.17) is 14.2 Å². The number of carbonyl (C=O) groups is 1. The number of fused-ring (bicyclic) bond motifs is 1. The van der Waals surface area contributed by atoms with Crippen LogP contribution >= 0.6 is 0 Å². The molecule has 0 amide bonds. The minimum Gasteiger partial charge on any atom is -0.493 e. The van der Waals surface area contributed by atoms with Gasteiger partial charge in [-0.1, -0.05) is 0 Å². The van der Waals surface area contributed by atoms with Crippen LogP contribution in [-0.4, -0.2) is 32.9 Å². The molecule has 0 atom stereocenters. The third-order valence-electron chi connectivity index (χ3n) is 2.62. The van der Waals surface area contributed by atoms with E-state index in [1.807, 2.05) is 12.1 Å². The van der Waals surface area contributed by atoms with E-state index in [2.05, 4.69) is 0 Å². The molecule has 0 saturated heterocycles. The highest BCUT2D eigenvalue weighted by Gasteiger charge is 2.21. The van der Waals surface area contributed by atoms with Crippen molar-refractivity contribution in [1.29, 1.82) is 0 Å². The highest BCUT2D eigenvalue weighted by atomic mass is 16.7. The van der Waals surface area contributed by atoms with Gasteiger partial charge in [0.15, 0.2) is 0 Å². The quantitative estimate of drug-likeness (QED) is 0.571. The van der Waals surface area contributed by atoms with E-state index in [9.17, 15) is 4.79 Å². The van der Waals surface area contributed by atoms with Gasteiger partial charge in [-0.15, -0.1) is 0 Å². The van der Waals surface area contributed by atoms with E-state index in [-0.39, 0.29) is 5.78 Å². The van der Waals surface area contributed by atoms with Crippen molar-refractivity contribution in [3.8, 4) is 5.75 Å². The second kappa shape index (κ2) is 4.63. The molecule has 4 nitrogen and oxygen atoms in total. The summed E-state index contributed by atoms with van der Waals surface area (Å²) in [7, 11) is 2.89. The molecule has 0 N–H and O–H groups in total. The van der Waals surface area contributed by atoms with Gasteiger partial charge in [0.25, 0.3) is 0 Å². The summed E-state index contributed by atoms with van der Waals surface area (Å²) in [4.78, 5) is 11.9. The summed E-state index contributed by atoms with van der Waals surface area (Å²) in [6, 6.07) is 5.39. The Hall–Kier alpha value is -1.39. The number of hydrogen-bond donors (Lipinski definition) is 0. The van der Waals surface area contributed by atoms with Crippen molar-refractivity contribution in [3.63, 3.8) is 0 Å². The second-order valence-electron chi connectivity index (χ2n) is 3.59. The van der Waals surface area contributed by atoms with E-state index >= 15 is 0 Å². The number of carbonyl (C=O) groups excluding carboxylic acids is 1. The summed E-state index contributed by atoms with van der Waals surface area (Å²) in [5.74, 6) is 0.697. The molecule has 0 unspecified atom stereocenters. The molecule has 0 bridgehead atoms. The van der Waals surface area contributed by atoms with Crippen LogP contribution in [0.1, 0.15) is 15.9 Å². The molecule has 0 saturated carbocycles. The lowest BCUT2D eigenvalue weighted by Gasteiger charge is -2.12. The van der Waals surface area contributed by atoms with Crippen LogP contribution < -0.4 is 4.74 Å². The van der Waals surface area contributed by atoms with Crippen LogP contribution in [0.3, 0.4) is 0 Å². The Balaban J connectivity index is 2.24. The fraction of sp³-hybridized carbons (Fsp3) is 0.417. The molecule has 16 heavy (non-hydrogen) atoms. The van der Waals surface area contributed by atoms with Crippen LogP contribution in [0.4, 0.5) is 0 Å². The minimum absolute atomic E-state index is 0.167. The standard InChI is InChI=1S/C12H14O4/c1-14-12(15-2)11(13)9-3-4-10-8(7-9)5-6-16-10/h3-4,7,12H,5-6H2,1-2H3. The summed E-state index contributed by atoms with van der Waals surface area (Å²) >= 11 is 0. The van der Waals surface area contributed by atoms with Crippen LogP contribution in [0.15, 0.2) is 18.2 Å².